The van der Waals surface area contributed by atoms with Crippen molar-refractivity contribution in [3.8, 4) is 11.5 Å². The lowest BCUT2D eigenvalue weighted by Gasteiger charge is -2.32. The third-order valence-electron chi connectivity index (χ3n) is 4.91. The summed E-state index contributed by atoms with van der Waals surface area (Å²) in [6.45, 7) is 4.73. The first kappa shape index (κ1) is 19.7. The summed E-state index contributed by atoms with van der Waals surface area (Å²) >= 11 is 0. The zero-order chi connectivity index (χ0) is 19.6. The molecule has 1 atom stereocenters. The van der Waals surface area contributed by atoms with Gasteiger partial charge < -0.3 is 14.2 Å². The second-order valence-corrected chi connectivity index (χ2v) is 8.49. The van der Waals surface area contributed by atoms with Crippen LogP contribution in [0.15, 0.2) is 41.3 Å². The smallest absolute Gasteiger partial charge is 0.246 e. The number of aryl methyl sites for hydroxylation is 2. The molecule has 7 heteroatoms. The fraction of sp³-hybridized carbons (Fsp3) is 0.400. The number of benzene rings is 2. The number of nitrogens with zero attached hydrogens (tertiary/aromatic N) is 1. The molecule has 2 aromatic carbocycles. The van der Waals surface area contributed by atoms with Gasteiger partial charge in [0.2, 0.25) is 10.0 Å². The molecule has 0 bridgehead atoms. The molecule has 0 aromatic heterocycles. The molecule has 1 fully saturated rings. The molecule has 6 nitrogen and oxygen atoms in total. The SMILES string of the molecule is COc1ccc(C2CN(S(=O)(=O)c3cc(C)c(C)cc3OC)CCO2)cc1. The van der Waals surface area contributed by atoms with Crippen LogP contribution in [0.4, 0.5) is 0 Å². The minimum Gasteiger partial charge on any atom is -0.497 e. The van der Waals surface area contributed by atoms with Crippen LogP contribution in [-0.4, -0.2) is 46.6 Å². The van der Waals surface area contributed by atoms with Gasteiger partial charge in [0.1, 0.15) is 16.4 Å². The second-order valence-electron chi connectivity index (χ2n) is 6.58. The van der Waals surface area contributed by atoms with Gasteiger partial charge in [0.15, 0.2) is 0 Å². The fourth-order valence-corrected chi connectivity index (χ4v) is 4.77. The molecule has 1 unspecified atom stereocenters. The molecule has 3 rings (SSSR count). The van der Waals surface area contributed by atoms with Crippen LogP contribution < -0.4 is 9.47 Å². The summed E-state index contributed by atoms with van der Waals surface area (Å²) in [7, 11) is -0.597. The molecule has 0 aliphatic carbocycles. The van der Waals surface area contributed by atoms with Gasteiger partial charge in [-0.3, -0.25) is 0 Å². The third-order valence-corrected chi connectivity index (χ3v) is 6.80. The largest absolute Gasteiger partial charge is 0.497 e. The Balaban J connectivity index is 1.89. The van der Waals surface area contributed by atoms with Crippen molar-refractivity contribution in [3.63, 3.8) is 0 Å². The number of hydrogen-bond donors (Lipinski definition) is 0. The van der Waals surface area contributed by atoms with Crippen molar-refractivity contribution in [3.05, 3.63) is 53.1 Å². The van der Waals surface area contributed by atoms with E-state index in [0.29, 0.717) is 18.9 Å². The summed E-state index contributed by atoms with van der Waals surface area (Å²) < 4.78 is 44.4. The molecule has 1 aliphatic rings. The molecule has 146 valence electrons. The minimum atomic E-state index is -3.69. The zero-order valence-electron chi connectivity index (χ0n) is 16.1. The average Bonchev–Trinajstić information content (AvgIpc) is 2.69. The lowest BCUT2D eigenvalue weighted by molar-refractivity contribution is -0.00261. The van der Waals surface area contributed by atoms with Gasteiger partial charge >= 0.3 is 0 Å². The number of ether oxygens (including phenoxy) is 3. The highest BCUT2D eigenvalue weighted by atomic mass is 32.2. The van der Waals surface area contributed by atoms with Crippen LogP contribution in [-0.2, 0) is 14.8 Å². The van der Waals surface area contributed by atoms with Crippen molar-refractivity contribution in [2.75, 3.05) is 33.9 Å². The van der Waals surface area contributed by atoms with E-state index < -0.39 is 10.0 Å². The monoisotopic (exact) mass is 391 g/mol. The first-order valence-corrected chi connectivity index (χ1v) is 10.2. The zero-order valence-corrected chi connectivity index (χ0v) is 16.9. The fourth-order valence-electron chi connectivity index (χ4n) is 3.13. The van der Waals surface area contributed by atoms with Gasteiger partial charge in [-0.1, -0.05) is 12.1 Å². The molecular weight excluding hydrogens is 366 g/mol. The summed E-state index contributed by atoms with van der Waals surface area (Å²) in [6.07, 6.45) is -0.322. The highest BCUT2D eigenvalue weighted by Gasteiger charge is 2.33. The van der Waals surface area contributed by atoms with E-state index in [0.717, 1.165) is 22.4 Å². The van der Waals surface area contributed by atoms with Crippen LogP contribution >= 0.6 is 0 Å². The van der Waals surface area contributed by atoms with E-state index in [9.17, 15) is 8.42 Å². The molecule has 0 radical (unpaired) electrons. The maximum atomic E-state index is 13.3. The maximum Gasteiger partial charge on any atom is 0.246 e. The van der Waals surface area contributed by atoms with E-state index in [-0.39, 0.29) is 17.5 Å². The quantitative estimate of drug-likeness (QED) is 0.784. The van der Waals surface area contributed by atoms with E-state index in [2.05, 4.69) is 0 Å². The van der Waals surface area contributed by atoms with Gasteiger partial charge in [-0.15, -0.1) is 0 Å². The number of morpholine rings is 1. The van der Waals surface area contributed by atoms with E-state index in [4.69, 9.17) is 14.2 Å². The molecule has 2 aromatic rings. The Morgan fingerprint density at radius 2 is 1.70 bits per heavy atom. The van der Waals surface area contributed by atoms with Gasteiger partial charge in [-0.2, -0.15) is 4.31 Å². The topological polar surface area (TPSA) is 65.1 Å². The lowest BCUT2D eigenvalue weighted by atomic mass is 10.1. The number of rotatable bonds is 5. The normalized spacial score (nSPS) is 18.3. The van der Waals surface area contributed by atoms with Crippen LogP contribution in [0.1, 0.15) is 22.8 Å². The van der Waals surface area contributed by atoms with Crippen LogP contribution in [0, 0.1) is 13.8 Å². The van der Waals surface area contributed by atoms with Crippen molar-refractivity contribution < 1.29 is 22.6 Å². The molecule has 0 spiro atoms. The Hall–Kier alpha value is -2.09. The Morgan fingerprint density at radius 3 is 2.33 bits per heavy atom. The molecule has 0 amide bonds. The minimum absolute atomic E-state index is 0.198. The second kappa shape index (κ2) is 7.88. The summed E-state index contributed by atoms with van der Waals surface area (Å²) in [6, 6.07) is 10.9. The average molecular weight is 391 g/mol. The standard InChI is InChI=1S/C20H25NO5S/c1-14-11-18(25-4)20(12-15(14)2)27(22,23)21-9-10-26-19(13-21)16-5-7-17(24-3)8-6-16/h5-8,11-12,19H,9-10,13H2,1-4H3. The van der Waals surface area contributed by atoms with Crippen molar-refractivity contribution in [1.29, 1.82) is 0 Å². The molecule has 0 saturated carbocycles. The van der Waals surface area contributed by atoms with Crippen LogP contribution in [0.5, 0.6) is 11.5 Å². The number of sulfonamides is 1. The molecule has 1 saturated heterocycles. The maximum absolute atomic E-state index is 13.3. The Labute approximate surface area is 160 Å². The number of methoxy groups -OCH3 is 2. The van der Waals surface area contributed by atoms with Gasteiger partial charge in [0.25, 0.3) is 0 Å². The molecule has 1 aliphatic heterocycles. The van der Waals surface area contributed by atoms with Crippen molar-refractivity contribution in [2.45, 2.75) is 24.8 Å². The molecule has 1 heterocycles. The predicted octanol–water partition coefficient (Wildman–Crippen LogP) is 3.08. The van der Waals surface area contributed by atoms with Gasteiger partial charge in [-0.25, -0.2) is 8.42 Å². The number of hydrogen-bond acceptors (Lipinski definition) is 5. The van der Waals surface area contributed by atoms with Crippen molar-refractivity contribution >= 4 is 10.0 Å². The Bertz CT molecular complexity index is 909. The highest BCUT2D eigenvalue weighted by molar-refractivity contribution is 7.89. The first-order valence-electron chi connectivity index (χ1n) is 8.77. The summed E-state index contributed by atoms with van der Waals surface area (Å²) in [4.78, 5) is 0.198. The van der Waals surface area contributed by atoms with Crippen LogP contribution in [0.25, 0.3) is 0 Å². The van der Waals surface area contributed by atoms with E-state index in [1.54, 1.807) is 19.2 Å². The first-order chi connectivity index (χ1) is 12.9. The highest BCUT2D eigenvalue weighted by Crippen LogP contribution is 2.33. The molecule has 0 N–H and O–H groups in total. The van der Waals surface area contributed by atoms with E-state index >= 15 is 0 Å². The predicted molar refractivity (Wildman–Crippen MR) is 103 cm³/mol. The van der Waals surface area contributed by atoms with Gasteiger partial charge in [-0.05, 0) is 54.8 Å². The summed E-state index contributed by atoms with van der Waals surface area (Å²) in [5.41, 5.74) is 2.82. The third kappa shape index (κ3) is 3.95. The van der Waals surface area contributed by atoms with E-state index in [1.807, 2.05) is 38.1 Å². The Morgan fingerprint density at radius 1 is 1.04 bits per heavy atom. The lowest BCUT2D eigenvalue weighted by Crippen LogP contribution is -2.42. The van der Waals surface area contributed by atoms with Crippen LogP contribution in [0.2, 0.25) is 0 Å². The van der Waals surface area contributed by atoms with Crippen molar-refractivity contribution in [1.82, 2.24) is 4.31 Å². The van der Waals surface area contributed by atoms with Crippen molar-refractivity contribution in [2.24, 2.45) is 0 Å². The van der Waals surface area contributed by atoms with Crippen LogP contribution in [0.3, 0.4) is 0 Å². The summed E-state index contributed by atoms with van der Waals surface area (Å²) in [5, 5.41) is 0. The van der Waals surface area contributed by atoms with Gasteiger partial charge in [0.05, 0.1) is 26.9 Å². The molecular formula is C20H25NO5S. The Kier molecular flexibility index (Phi) is 5.74. The molecule has 27 heavy (non-hydrogen) atoms. The summed E-state index contributed by atoms with van der Waals surface area (Å²) in [5.74, 6) is 1.12. The van der Waals surface area contributed by atoms with E-state index in [1.165, 1.54) is 11.4 Å². The van der Waals surface area contributed by atoms with Gasteiger partial charge in [0, 0.05) is 13.1 Å².